The van der Waals surface area contributed by atoms with Crippen molar-refractivity contribution >= 4 is 6.16 Å². The van der Waals surface area contributed by atoms with Crippen LogP contribution in [0.25, 0.3) is 0 Å². The van der Waals surface area contributed by atoms with Gasteiger partial charge in [-0.05, 0) is 30.0 Å². The van der Waals surface area contributed by atoms with E-state index in [0.29, 0.717) is 5.56 Å². The van der Waals surface area contributed by atoms with Crippen molar-refractivity contribution in [2.75, 3.05) is 0 Å². The van der Waals surface area contributed by atoms with E-state index in [1.165, 1.54) is 0 Å². The van der Waals surface area contributed by atoms with E-state index < -0.39 is 12.4 Å². The van der Waals surface area contributed by atoms with Crippen LogP contribution >= 0.6 is 0 Å². The lowest BCUT2D eigenvalue weighted by atomic mass is 9.98. The summed E-state index contributed by atoms with van der Waals surface area (Å²) in [7, 11) is 0. The molecule has 1 saturated heterocycles. The molecule has 0 bridgehead atoms. The topological polar surface area (TPSA) is 55.8 Å². The lowest BCUT2D eigenvalue weighted by molar-refractivity contribution is -0.187. The average molecular weight is 222 g/mol. The molecule has 86 valence electrons. The first kappa shape index (κ1) is 10.8. The zero-order valence-electron chi connectivity index (χ0n) is 9.32. The lowest BCUT2D eigenvalue weighted by Gasteiger charge is -2.27. The SMILES string of the molecule is CCc1ccc(C2OC(=O)O2)c(O)c1CC. The van der Waals surface area contributed by atoms with Gasteiger partial charge in [0.15, 0.2) is 0 Å². The summed E-state index contributed by atoms with van der Waals surface area (Å²) < 4.78 is 9.52. The van der Waals surface area contributed by atoms with Crippen molar-refractivity contribution in [3.63, 3.8) is 0 Å². The number of benzene rings is 1. The Bertz CT molecular complexity index is 417. The molecular weight excluding hydrogens is 208 g/mol. The molecule has 16 heavy (non-hydrogen) atoms. The van der Waals surface area contributed by atoms with E-state index in [1.807, 2.05) is 19.9 Å². The van der Waals surface area contributed by atoms with E-state index in [1.54, 1.807) is 6.07 Å². The van der Waals surface area contributed by atoms with Gasteiger partial charge in [0.1, 0.15) is 5.75 Å². The predicted octanol–water partition coefficient (Wildman–Crippen LogP) is 2.68. The number of hydrogen-bond donors (Lipinski definition) is 1. The maximum atomic E-state index is 10.5. The Morgan fingerprint density at radius 1 is 1.25 bits per heavy atom. The number of cyclic esters (lactones) is 2. The molecule has 1 aliphatic heterocycles. The molecule has 0 atom stereocenters. The van der Waals surface area contributed by atoms with Crippen LogP contribution in [0.5, 0.6) is 5.75 Å². The molecule has 0 aromatic heterocycles. The zero-order chi connectivity index (χ0) is 11.7. The molecule has 1 heterocycles. The minimum absolute atomic E-state index is 0.180. The van der Waals surface area contributed by atoms with Gasteiger partial charge in [-0.2, -0.15) is 0 Å². The number of rotatable bonds is 3. The normalized spacial score (nSPS) is 15.2. The van der Waals surface area contributed by atoms with Gasteiger partial charge in [0, 0.05) is 0 Å². The maximum Gasteiger partial charge on any atom is 0.515 e. The van der Waals surface area contributed by atoms with Crippen LogP contribution in [-0.2, 0) is 22.3 Å². The van der Waals surface area contributed by atoms with Gasteiger partial charge in [-0.1, -0.05) is 19.9 Å². The van der Waals surface area contributed by atoms with E-state index in [2.05, 4.69) is 0 Å². The third kappa shape index (κ3) is 1.60. The van der Waals surface area contributed by atoms with E-state index in [0.717, 1.165) is 24.0 Å². The molecule has 4 heteroatoms. The van der Waals surface area contributed by atoms with Gasteiger partial charge in [-0.15, -0.1) is 0 Å². The molecule has 0 saturated carbocycles. The monoisotopic (exact) mass is 222 g/mol. The smallest absolute Gasteiger partial charge is 0.507 e. The standard InChI is InChI=1S/C12H14O4/c1-3-7-5-6-9(10(13)8(7)4-2)11-15-12(14)16-11/h5-6,11,13H,3-4H2,1-2H3. The molecule has 1 fully saturated rings. The van der Waals surface area contributed by atoms with Crippen molar-refractivity contribution < 1.29 is 19.4 Å². The number of phenolic OH excluding ortho intramolecular Hbond substituents is 1. The van der Waals surface area contributed by atoms with Crippen LogP contribution in [0.3, 0.4) is 0 Å². The van der Waals surface area contributed by atoms with Gasteiger partial charge < -0.3 is 14.6 Å². The number of hydrogen-bond acceptors (Lipinski definition) is 4. The van der Waals surface area contributed by atoms with E-state index in [9.17, 15) is 9.90 Å². The van der Waals surface area contributed by atoms with Crippen LogP contribution in [0.4, 0.5) is 4.79 Å². The molecular formula is C12H14O4. The van der Waals surface area contributed by atoms with Crippen LogP contribution in [0, 0.1) is 0 Å². The first-order valence-electron chi connectivity index (χ1n) is 5.38. The van der Waals surface area contributed by atoms with E-state index in [4.69, 9.17) is 9.47 Å². The van der Waals surface area contributed by atoms with Gasteiger partial charge in [0.05, 0.1) is 5.56 Å². The number of aryl methyl sites for hydroxylation is 1. The highest BCUT2D eigenvalue weighted by Crippen LogP contribution is 2.37. The van der Waals surface area contributed by atoms with Gasteiger partial charge in [-0.25, -0.2) is 4.79 Å². The van der Waals surface area contributed by atoms with Crippen LogP contribution in [0.2, 0.25) is 0 Å². The number of carbonyl (C=O) groups is 1. The molecule has 1 aromatic rings. The first-order chi connectivity index (χ1) is 7.67. The summed E-state index contributed by atoms with van der Waals surface area (Å²) in [6.45, 7) is 4.01. The zero-order valence-corrected chi connectivity index (χ0v) is 9.32. The Balaban J connectivity index is 2.37. The first-order valence-corrected chi connectivity index (χ1v) is 5.38. The van der Waals surface area contributed by atoms with Gasteiger partial charge in [-0.3, -0.25) is 0 Å². The molecule has 0 amide bonds. The molecule has 1 aliphatic rings. The number of phenols is 1. The highest BCUT2D eigenvalue weighted by Gasteiger charge is 2.34. The Kier molecular flexibility index (Phi) is 2.73. The number of ether oxygens (including phenoxy) is 2. The van der Waals surface area contributed by atoms with E-state index >= 15 is 0 Å². The van der Waals surface area contributed by atoms with Crippen molar-refractivity contribution in [2.45, 2.75) is 33.0 Å². The second-order valence-corrected chi connectivity index (χ2v) is 3.67. The highest BCUT2D eigenvalue weighted by atomic mass is 16.9. The minimum Gasteiger partial charge on any atom is -0.507 e. The minimum atomic E-state index is -0.747. The summed E-state index contributed by atoms with van der Waals surface area (Å²) in [6, 6.07) is 3.67. The second-order valence-electron chi connectivity index (χ2n) is 3.67. The fourth-order valence-electron chi connectivity index (χ4n) is 1.92. The molecule has 2 rings (SSSR count). The van der Waals surface area contributed by atoms with Crippen LogP contribution in [0.1, 0.15) is 36.8 Å². The second kappa shape index (κ2) is 4.04. The lowest BCUT2D eigenvalue weighted by Crippen LogP contribution is -2.27. The van der Waals surface area contributed by atoms with Crippen molar-refractivity contribution in [3.8, 4) is 5.75 Å². The van der Waals surface area contributed by atoms with Crippen molar-refractivity contribution in [1.82, 2.24) is 0 Å². The summed E-state index contributed by atoms with van der Waals surface area (Å²) in [5, 5.41) is 10.1. The summed E-state index contributed by atoms with van der Waals surface area (Å²) >= 11 is 0. The molecule has 1 N–H and O–H groups in total. The fourth-order valence-corrected chi connectivity index (χ4v) is 1.92. The molecule has 0 aliphatic carbocycles. The third-order valence-electron chi connectivity index (χ3n) is 2.81. The largest absolute Gasteiger partial charge is 0.515 e. The maximum absolute atomic E-state index is 10.5. The molecule has 0 radical (unpaired) electrons. The average Bonchev–Trinajstić information content (AvgIpc) is 2.25. The molecule has 0 spiro atoms. The van der Waals surface area contributed by atoms with Crippen molar-refractivity contribution in [3.05, 3.63) is 28.8 Å². The Hall–Kier alpha value is -1.71. The van der Waals surface area contributed by atoms with Gasteiger partial charge in [0.2, 0.25) is 0 Å². The highest BCUT2D eigenvalue weighted by molar-refractivity contribution is 5.65. The molecule has 4 nitrogen and oxygen atoms in total. The van der Waals surface area contributed by atoms with Crippen LogP contribution in [0.15, 0.2) is 12.1 Å². The fraction of sp³-hybridized carbons (Fsp3) is 0.417. The van der Waals surface area contributed by atoms with Crippen molar-refractivity contribution in [2.24, 2.45) is 0 Å². The third-order valence-corrected chi connectivity index (χ3v) is 2.81. The summed E-state index contributed by atoms with van der Waals surface area (Å²) in [6.07, 6.45) is 0.164. The predicted molar refractivity (Wildman–Crippen MR) is 57.2 cm³/mol. The van der Waals surface area contributed by atoms with Crippen molar-refractivity contribution in [1.29, 1.82) is 0 Å². The molecule has 1 aromatic carbocycles. The summed E-state index contributed by atoms with van der Waals surface area (Å²) in [5.74, 6) is 0.180. The quantitative estimate of drug-likeness (QED) is 0.799. The Labute approximate surface area is 93.8 Å². The molecule has 0 unspecified atom stereocenters. The number of aromatic hydroxyl groups is 1. The number of carbonyl (C=O) groups excluding carboxylic acids is 1. The van der Waals surface area contributed by atoms with Gasteiger partial charge >= 0.3 is 6.16 Å². The van der Waals surface area contributed by atoms with Crippen LogP contribution in [-0.4, -0.2) is 11.3 Å². The van der Waals surface area contributed by atoms with Gasteiger partial charge in [0.25, 0.3) is 6.29 Å². The summed E-state index contributed by atoms with van der Waals surface area (Å²) in [5.41, 5.74) is 2.52. The summed E-state index contributed by atoms with van der Waals surface area (Å²) in [4.78, 5) is 10.5. The van der Waals surface area contributed by atoms with Crippen LogP contribution < -0.4 is 0 Å². The van der Waals surface area contributed by atoms with E-state index in [-0.39, 0.29) is 5.75 Å². The Morgan fingerprint density at radius 2 is 1.94 bits per heavy atom. The Morgan fingerprint density at radius 3 is 2.44 bits per heavy atom.